The lowest BCUT2D eigenvalue weighted by molar-refractivity contribution is -0.136. The molecule has 0 saturated carbocycles. The maximum atomic E-state index is 14.5. The molecule has 0 atom stereocenters. The molecule has 0 spiro atoms. The molecule has 6 bridgehead atoms. The van der Waals surface area contributed by atoms with Crippen molar-refractivity contribution < 1.29 is 28.9 Å². The third-order valence-corrected chi connectivity index (χ3v) is 9.22. The molecular formula is C36H42FN3O5. The minimum Gasteiger partial charge on any atom is -0.493 e. The highest BCUT2D eigenvalue weighted by atomic mass is 19.1. The van der Waals surface area contributed by atoms with Crippen molar-refractivity contribution in [2.24, 2.45) is 0 Å². The zero-order valence-electron chi connectivity index (χ0n) is 26.5. The summed E-state index contributed by atoms with van der Waals surface area (Å²) in [5.41, 5.74) is 3.93. The molecule has 9 heteroatoms. The van der Waals surface area contributed by atoms with Crippen molar-refractivity contribution in [2.75, 3.05) is 31.2 Å². The van der Waals surface area contributed by atoms with Crippen LogP contribution in [0.2, 0.25) is 0 Å². The van der Waals surface area contributed by atoms with Crippen molar-refractivity contribution in [1.29, 1.82) is 0 Å². The van der Waals surface area contributed by atoms with Gasteiger partial charge in [0.15, 0.2) is 0 Å². The second-order valence-electron chi connectivity index (χ2n) is 13.2. The number of anilines is 1. The Hall–Kier alpha value is -3.95. The maximum absolute atomic E-state index is 14.5. The van der Waals surface area contributed by atoms with Gasteiger partial charge in [0.2, 0.25) is 0 Å². The number of aliphatic carboxylic acids is 1. The van der Waals surface area contributed by atoms with Crippen molar-refractivity contribution in [3.05, 3.63) is 71.2 Å². The van der Waals surface area contributed by atoms with E-state index in [1.807, 2.05) is 41.8 Å². The lowest BCUT2D eigenvalue weighted by Crippen LogP contribution is -2.45. The Morgan fingerprint density at radius 3 is 2.53 bits per heavy atom. The number of carboxylic acid groups (broad SMARTS) is 1. The summed E-state index contributed by atoms with van der Waals surface area (Å²) in [6.45, 7) is 10.0. The molecule has 45 heavy (non-hydrogen) atoms. The minimum absolute atomic E-state index is 0.185. The molecule has 0 unspecified atom stereocenters. The summed E-state index contributed by atoms with van der Waals surface area (Å²) >= 11 is 0. The zero-order valence-corrected chi connectivity index (χ0v) is 26.5. The smallest absolute Gasteiger partial charge is 0.307 e. The van der Waals surface area contributed by atoms with Crippen LogP contribution in [0.1, 0.15) is 69.6 Å². The van der Waals surface area contributed by atoms with Gasteiger partial charge in [-0.2, -0.15) is 0 Å². The van der Waals surface area contributed by atoms with E-state index in [-0.39, 0.29) is 17.8 Å². The summed E-state index contributed by atoms with van der Waals surface area (Å²) in [5.74, 6) is 0.117. The van der Waals surface area contributed by atoms with Crippen LogP contribution >= 0.6 is 0 Å². The molecule has 1 saturated heterocycles. The monoisotopic (exact) mass is 615 g/mol. The summed E-state index contributed by atoms with van der Waals surface area (Å²) in [4.78, 5) is 19.5. The number of rotatable bonds is 3. The lowest BCUT2D eigenvalue weighted by atomic mass is 9.89. The fraction of sp³-hybridized carbons (Fsp3) is 0.444. The highest BCUT2D eigenvalue weighted by Gasteiger charge is 2.35. The number of nitrogens with zero attached hydrogens (tertiary/aromatic N) is 3. The largest absolute Gasteiger partial charge is 0.493 e. The molecule has 0 radical (unpaired) electrons. The molecule has 7 rings (SSSR count). The fourth-order valence-corrected chi connectivity index (χ4v) is 6.84. The molecule has 2 aromatic heterocycles. The van der Waals surface area contributed by atoms with Gasteiger partial charge in [0.05, 0.1) is 29.9 Å². The Balaban J connectivity index is 1.57. The van der Waals surface area contributed by atoms with E-state index in [1.54, 1.807) is 19.9 Å². The number of halogens is 1. The van der Waals surface area contributed by atoms with E-state index in [0.717, 1.165) is 54.6 Å². The highest BCUT2D eigenvalue weighted by molar-refractivity contribution is 5.80. The molecule has 238 valence electrons. The minimum atomic E-state index is -1.28. The molecule has 2 N–H and O–H groups in total. The van der Waals surface area contributed by atoms with Crippen molar-refractivity contribution in [2.45, 2.75) is 77.4 Å². The van der Waals surface area contributed by atoms with E-state index in [0.29, 0.717) is 60.1 Å². The van der Waals surface area contributed by atoms with Gasteiger partial charge in [-0.3, -0.25) is 9.20 Å². The number of piperidine rings is 1. The molecule has 0 aliphatic carbocycles. The Morgan fingerprint density at radius 1 is 1.07 bits per heavy atom. The summed E-state index contributed by atoms with van der Waals surface area (Å²) in [5, 5.41) is 21.4. The van der Waals surface area contributed by atoms with E-state index in [1.165, 1.54) is 12.1 Å². The normalized spacial score (nSPS) is 17.2. The highest BCUT2D eigenvalue weighted by Crippen LogP contribution is 2.40. The van der Waals surface area contributed by atoms with Gasteiger partial charge in [-0.05, 0) is 95.2 Å². The number of pyridine rings is 1. The Labute approximate surface area is 263 Å². The molecule has 3 aliphatic heterocycles. The Morgan fingerprint density at radius 2 is 1.80 bits per heavy atom. The Kier molecular flexibility index (Phi) is 8.35. The first-order valence-corrected chi connectivity index (χ1v) is 15.8. The van der Waals surface area contributed by atoms with E-state index >= 15 is 0 Å². The summed E-state index contributed by atoms with van der Waals surface area (Å²) in [6, 6.07) is 12.4. The number of aromatic nitrogens is 2. The van der Waals surface area contributed by atoms with Gasteiger partial charge in [0.1, 0.15) is 23.0 Å². The van der Waals surface area contributed by atoms with E-state index in [4.69, 9.17) is 14.5 Å². The summed E-state index contributed by atoms with van der Waals surface area (Å²) in [6.07, 6.45) is 6.07. The number of hydrogen-bond acceptors (Lipinski definition) is 6. The lowest BCUT2D eigenvalue weighted by Gasteiger charge is -2.41. The second kappa shape index (κ2) is 12.1. The summed E-state index contributed by atoms with van der Waals surface area (Å²) in [7, 11) is 0. The van der Waals surface area contributed by atoms with Crippen molar-refractivity contribution in [3.63, 3.8) is 0 Å². The predicted molar refractivity (Wildman–Crippen MR) is 172 cm³/mol. The topological polar surface area (TPSA) is 96.5 Å². The number of carbonyl (C=O) groups is 1. The Bertz CT molecular complexity index is 1730. The van der Waals surface area contributed by atoms with Crippen molar-refractivity contribution in [1.82, 2.24) is 9.38 Å². The predicted octanol–water partition coefficient (Wildman–Crippen LogP) is 6.91. The van der Waals surface area contributed by atoms with Crippen LogP contribution in [0.15, 0.2) is 48.7 Å². The zero-order chi connectivity index (χ0) is 31.9. The van der Waals surface area contributed by atoms with Crippen molar-refractivity contribution in [3.8, 4) is 28.1 Å². The first kappa shape index (κ1) is 31.0. The number of imidazole rings is 1. The summed E-state index contributed by atoms with van der Waals surface area (Å²) < 4.78 is 29.1. The molecule has 5 heterocycles. The maximum Gasteiger partial charge on any atom is 0.307 e. The molecule has 8 nitrogen and oxygen atoms in total. The molecule has 1 fully saturated rings. The first-order chi connectivity index (χ1) is 21.4. The third-order valence-electron chi connectivity index (χ3n) is 9.22. The van der Waals surface area contributed by atoms with Crippen LogP contribution in [0.3, 0.4) is 0 Å². The quantitative estimate of drug-likeness (QED) is 0.259. The fourth-order valence-electron chi connectivity index (χ4n) is 6.84. The third kappa shape index (κ3) is 6.29. The van der Waals surface area contributed by atoms with E-state index < -0.39 is 11.6 Å². The van der Waals surface area contributed by atoms with Crippen LogP contribution in [0, 0.1) is 12.7 Å². The van der Waals surface area contributed by atoms with Gasteiger partial charge in [-0.1, -0.05) is 18.2 Å². The van der Waals surface area contributed by atoms with Crippen LogP contribution in [0.4, 0.5) is 10.2 Å². The van der Waals surface area contributed by atoms with Gasteiger partial charge in [0.25, 0.3) is 0 Å². The van der Waals surface area contributed by atoms with Gasteiger partial charge in [-0.25, -0.2) is 9.37 Å². The van der Waals surface area contributed by atoms with E-state index in [2.05, 4.69) is 11.8 Å². The van der Waals surface area contributed by atoms with Crippen LogP contribution in [-0.4, -0.2) is 57.5 Å². The molecular weight excluding hydrogens is 573 g/mol. The molecule has 3 aliphatic rings. The molecule has 4 aromatic rings. The average Bonchev–Trinajstić information content (AvgIpc) is 3.41. The standard InChI is InChI=1S/C36H42FN3O5/c1-23-27(21-31(41)42)34-39-15-13-36(4,14-16-39)45-18-7-5-6-17-44-30-12-11-26(37)20-28(30)24-9-8-10-25(19-24)29-22-40(34)33(38-29)32(23)35(2,3)43/h8-12,19-20,22,43H,5-7,13-18,21H2,1-4H3,(H,41,42). The number of ether oxygens (including phenoxy) is 2. The van der Waals surface area contributed by atoms with Crippen LogP contribution in [0.25, 0.3) is 28.0 Å². The van der Waals surface area contributed by atoms with Crippen LogP contribution in [0.5, 0.6) is 5.75 Å². The number of hydrogen-bond donors (Lipinski definition) is 2. The second-order valence-corrected chi connectivity index (χ2v) is 13.2. The van der Waals surface area contributed by atoms with Gasteiger partial charge in [-0.15, -0.1) is 0 Å². The number of carboxylic acids is 1. The van der Waals surface area contributed by atoms with Crippen molar-refractivity contribution >= 4 is 17.4 Å². The number of aliphatic hydroxyl groups is 1. The molecule has 0 amide bonds. The van der Waals surface area contributed by atoms with Gasteiger partial charge in [0, 0.05) is 48.1 Å². The first-order valence-electron chi connectivity index (χ1n) is 15.8. The van der Waals surface area contributed by atoms with E-state index in [9.17, 15) is 19.4 Å². The molecule has 2 aromatic carbocycles. The van der Waals surface area contributed by atoms with Crippen LogP contribution < -0.4 is 9.64 Å². The van der Waals surface area contributed by atoms with Gasteiger partial charge >= 0.3 is 5.97 Å². The average molecular weight is 616 g/mol. The van der Waals surface area contributed by atoms with Crippen LogP contribution in [-0.2, 0) is 21.6 Å². The van der Waals surface area contributed by atoms with Gasteiger partial charge < -0.3 is 24.6 Å². The number of fused-ring (bicyclic) bond motifs is 8. The number of benzene rings is 2. The SMILES string of the molecule is Cc1c(CC(=O)O)c2n3cc(nc3c1C(C)(C)O)-c1cccc(c1)-c1cc(F)ccc1OCCCCCOC1(C)CCN2CC1.